The molecule has 15 heavy (non-hydrogen) atoms. The lowest BCUT2D eigenvalue weighted by atomic mass is 10.0. The first kappa shape index (κ1) is 10.9. The molecule has 0 spiro atoms. The minimum atomic E-state index is -0.373. The van der Waals surface area contributed by atoms with Crippen molar-refractivity contribution in [3.8, 4) is 0 Å². The highest BCUT2D eigenvalue weighted by molar-refractivity contribution is 6.30. The Morgan fingerprint density at radius 2 is 2.27 bits per heavy atom. The van der Waals surface area contributed by atoms with E-state index in [1.54, 1.807) is 6.07 Å². The molecule has 2 N–H and O–H groups in total. The van der Waals surface area contributed by atoms with Crippen molar-refractivity contribution >= 4 is 11.6 Å². The van der Waals surface area contributed by atoms with Crippen LogP contribution in [0.4, 0.5) is 4.39 Å². The van der Waals surface area contributed by atoms with Gasteiger partial charge in [-0.05, 0) is 31.2 Å². The summed E-state index contributed by atoms with van der Waals surface area (Å²) in [7, 11) is 2.00. The lowest BCUT2D eigenvalue weighted by Crippen LogP contribution is -2.29. The number of hydrogen-bond acceptors (Lipinski definition) is 2. The van der Waals surface area contributed by atoms with Crippen LogP contribution < -0.4 is 5.73 Å². The van der Waals surface area contributed by atoms with Crippen molar-refractivity contribution in [3.63, 3.8) is 0 Å². The van der Waals surface area contributed by atoms with Gasteiger partial charge in [-0.15, -0.1) is 0 Å². The second-order valence-corrected chi connectivity index (χ2v) is 4.46. The van der Waals surface area contributed by atoms with Gasteiger partial charge in [-0.1, -0.05) is 17.7 Å². The van der Waals surface area contributed by atoms with Crippen LogP contribution in [0.3, 0.4) is 0 Å². The van der Waals surface area contributed by atoms with E-state index in [9.17, 15) is 4.39 Å². The van der Waals surface area contributed by atoms with E-state index in [4.69, 9.17) is 17.3 Å². The van der Waals surface area contributed by atoms with Gasteiger partial charge < -0.3 is 5.73 Å². The molecule has 2 atom stereocenters. The van der Waals surface area contributed by atoms with Crippen LogP contribution in [0.15, 0.2) is 18.2 Å². The topological polar surface area (TPSA) is 29.3 Å². The quantitative estimate of drug-likeness (QED) is 0.799. The number of nitrogens with zero attached hydrogens (tertiary/aromatic N) is 1. The molecule has 0 aliphatic carbocycles. The van der Waals surface area contributed by atoms with Crippen molar-refractivity contribution in [2.45, 2.75) is 18.5 Å². The molecule has 1 aromatic carbocycles. The minimum Gasteiger partial charge on any atom is -0.326 e. The molecular weight excluding hydrogens is 215 g/mol. The zero-order valence-corrected chi connectivity index (χ0v) is 9.34. The van der Waals surface area contributed by atoms with Crippen LogP contribution in [0.1, 0.15) is 18.0 Å². The highest BCUT2D eigenvalue weighted by atomic mass is 35.5. The van der Waals surface area contributed by atoms with Gasteiger partial charge in [0.05, 0.1) is 5.02 Å². The second-order valence-electron chi connectivity index (χ2n) is 4.05. The van der Waals surface area contributed by atoms with Crippen molar-refractivity contribution in [1.29, 1.82) is 0 Å². The Hall–Kier alpha value is -0.640. The predicted molar refractivity (Wildman–Crippen MR) is 59.4 cm³/mol. The van der Waals surface area contributed by atoms with Gasteiger partial charge in [0.1, 0.15) is 5.82 Å². The maximum Gasteiger partial charge on any atom is 0.142 e. The van der Waals surface area contributed by atoms with Crippen LogP contribution in [-0.4, -0.2) is 24.5 Å². The lowest BCUT2D eigenvalue weighted by Gasteiger charge is -2.23. The molecule has 0 aromatic heterocycles. The molecule has 1 aromatic rings. The summed E-state index contributed by atoms with van der Waals surface area (Å²) in [5, 5.41) is 0.160. The van der Waals surface area contributed by atoms with Crippen molar-refractivity contribution in [2.75, 3.05) is 13.6 Å². The third-order valence-electron chi connectivity index (χ3n) is 2.98. The van der Waals surface area contributed by atoms with E-state index < -0.39 is 0 Å². The molecule has 1 aliphatic rings. The molecule has 0 radical (unpaired) electrons. The van der Waals surface area contributed by atoms with Gasteiger partial charge in [-0.25, -0.2) is 4.39 Å². The zero-order chi connectivity index (χ0) is 11.0. The van der Waals surface area contributed by atoms with Crippen LogP contribution in [0.25, 0.3) is 0 Å². The van der Waals surface area contributed by atoms with Crippen LogP contribution in [0.5, 0.6) is 0 Å². The molecule has 1 aliphatic heterocycles. The Kier molecular flexibility index (Phi) is 2.96. The van der Waals surface area contributed by atoms with Gasteiger partial charge in [0.2, 0.25) is 0 Å². The van der Waals surface area contributed by atoms with E-state index in [-0.39, 0.29) is 22.9 Å². The van der Waals surface area contributed by atoms with Gasteiger partial charge in [0.15, 0.2) is 0 Å². The predicted octanol–water partition coefficient (Wildman–Crippen LogP) is 2.18. The molecule has 0 saturated carbocycles. The summed E-state index contributed by atoms with van der Waals surface area (Å²) in [6, 6.07) is 5.10. The fourth-order valence-corrected chi connectivity index (χ4v) is 2.29. The van der Waals surface area contributed by atoms with Gasteiger partial charge in [-0.2, -0.15) is 0 Å². The molecule has 0 unspecified atom stereocenters. The van der Waals surface area contributed by atoms with Crippen molar-refractivity contribution in [1.82, 2.24) is 4.90 Å². The van der Waals surface area contributed by atoms with Crippen molar-refractivity contribution in [3.05, 3.63) is 34.6 Å². The summed E-state index contributed by atoms with van der Waals surface area (Å²) in [6.45, 7) is 0.954. The van der Waals surface area contributed by atoms with E-state index in [2.05, 4.69) is 4.90 Å². The Morgan fingerprint density at radius 3 is 2.80 bits per heavy atom. The summed E-state index contributed by atoms with van der Waals surface area (Å²) in [4.78, 5) is 2.15. The van der Waals surface area contributed by atoms with Gasteiger partial charge in [0, 0.05) is 18.6 Å². The van der Waals surface area contributed by atoms with E-state index in [0.717, 1.165) is 18.5 Å². The van der Waals surface area contributed by atoms with Crippen molar-refractivity contribution < 1.29 is 4.39 Å². The number of benzene rings is 1. The molecule has 2 rings (SSSR count). The average Bonchev–Trinajstić information content (AvgIpc) is 2.52. The molecule has 2 nitrogen and oxygen atoms in total. The monoisotopic (exact) mass is 228 g/mol. The molecule has 1 saturated heterocycles. The Bertz CT molecular complexity index is 360. The smallest absolute Gasteiger partial charge is 0.142 e. The fraction of sp³-hybridized carbons (Fsp3) is 0.455. The number of rotatable bonds is 1. The summed E-state index contributed by atoms with van der Waals surface area (Å²) in [5.41, 5.74) is 6.90. The molecule has 1 heterocycles. The number of hydrogen-bond donors (Lipinski definition) is 1. The number of likely N-dealkylation sites (N-methyl/N-ethyl adjacent to an activating group) is 1. The van der Waals surface area contributed by atoms with E-state index in [0.29, 0.717) is 0 Å². The van der Waals surface area contributed by atoms with E-state index >= 15 is 0 Å². The summed E-state index contributed by atoms with van der Waals surface area (Å²) in [5.74, 6) is -0.373. The molecule has 82 valence electrons. The zero-order valence-electron chi connectivity index (χ0n) is 8.58. The van der Waals surface area contributed by atoms with Gasteiger partial charge in [0.25, 0.3) is 0 Å². The number of halogens is 2. The Labute approximate surface area is 93.8 Å². The molecular formula is C11H14ClFN2. The molecule has 4 heteroatoms. The average molecular weight is 229 g/mol. The number of nitrogens with two attached hydrogens (primary N) is 1. The second kappa shape index (κ2) is 4.08. The molecule has 0 bridgehead atoms. The third kappa shape index (κ3) is 2.00. The highest BCUT2D eigenvalue weighted by Crippen LogP contribution is 2.31. The highest BCUT2D eigenvalue weighted by Gasteiger charge is 2.30. The summed E-state index contributed by atoms with van der Waals surface area (Å²) >= 11 is 5.64. The van der Waals surface area contributed by atoms with E-state index in [1.807, 2.05) is 13.1 Å². The maximum absolute atomic E-state index is 13.3. The standard InChI is InChI=1S/C11H14ClFN2/c1-15-5-4-10(14)11(15)7-2-3-8(12)9(13)6-7/h2-3,6,10-11H,4-5,14H2,1H3/t10-,11-/m0/s1. The third-order valence-corrected chi connectivity index (χ3v) is 3.29. The van der Waals surface area contributed by atoms with Crippen LogP contribution in [0, 0.1) is 5.82 Å². The lowest BCUT2D eigenvalue weighted by molar-refractivity contribution is 0.303. The summed E-state index contributed by atoms with van der Waals surface area (Å²) in [6.07, 6.45) is 0.950. The maximum atomic E-state index is 13.3. The van der Waals surface area contributed by atoms with Crippen molar-refractivity contribution in [2.24, 2.45) is 5.73 Å². The minimum absolute atomic E-state index is 0.0792. The molecule has 0 amide bonds. The van der Waals surface area contributed by atoms with E-state index in [1.165, 1.54) is 6.07 Å². The Morgan fingerprint density at radius 1 is 1.53 bits per heavy atom. The van der Waals surface area contributed by atoms with Gasteiger partial charge in [-0.3, -0.25) is 4.90 Å². The molecule has 1 fully saturated rings. The summed E-state index contributed by atoms with van der Waals surface area (Å²) < 4.78 is 13.3. The van der Waals surface area contributed by atoms with Gasteiger partial charge >= 0.3 is 0 Å². The normalized spacial score (nSPS) is 27.2. The first-order valence-corrected chi connectivity index (χ1v) is 5.38. The largest absolute Gasteiger partial charge is 0.326 e. The first-order valence-electron chi connectivity index (χ1n) is 5.00. The van der Waals surface area contributed by atoms with Crippen LogP contribution in [-0.2, 0) is 0 Å². The van der Waals surface area contributed by atoms with Crippen LogP contribution >= 0.6 is 11.6 Å². The fourth-order valence-electron chi connectivity index (χ4n) is 2.17. The number of likely N-dealkylation sites (tertiary alicyclic amines) is 1. The SMILES string of the molecule is CN1CC[C@H](N)[C@@H]1c1ccc(Cl)c(F)c1. The van der Waals surface area contributed by atoms with Crippen LogP contribution in [0.2, 0.25) is 5.02 Å². The first-order chi connectivity index (χ1) is 7.09. The Balaban J connectivity index is 2.32.